The molecule has 0 radical (unpaired) electrons. The van der Waals surface area contributed by atoms with E-state index in [2.05, 4.69) is 24.1 Å². The minimum Gasteiger partial charge on any atom is -0.310 e. The van der Waals surface area contributed by atoms with Gasteiger partial charge in [0.2, 0.25) is 0 Å². The van der Waals surface area contributed by atoms with Crippen LogP contribution >= 0.6 is 11.3 Å². The summed E-state index contributed by atoms with van der Waals surface area (Å²) in [5.74, 6) is -0.177. The van der Waals surface area contributed by atoms with Gasteiger partial charge in [0.25, 0.3) is 0 Å². The topological polar surface area (TPSA) is 24.9 Å². The van der Waals surface area contributed by atoms with Crippen molar-refractivity contribution in [3.05, 3.63) is 40.7 Å². The summed E-state index contributed by atoms with van der Waals surface area (Å²) in [6, 6.07) is 5.55. The SMILES string of the molecule is CCNC(C)c1cnc(-c2ccc(C)c(F)c2)s1. The van der Waals surface area contributed by atoms with Crippen molar-refractivity contribution in [1.82, 2.24) is 10.3 Å². The lowest BCUT2D eigenvalue weighted by atomic mass is 10.1. The Bertz CT molecular complexity index is 536. The second kappa shape index (κ2) is 5.59. The molecule has 4 heteroatoms. The highest BCUT2D eigenvalue weighted by Crippen LogP contribution is 2.29. The van der Waals surface area contributed by atoms with Gasteiger partial charge in [0.05, 0.1) is 0 Å². The molecule has 0 amide bonds. The zero-order valence-electron chi connectivity index (χ0n) is 10.8. The van der Waals surface area contributed by atoms with Gasteiger partial charge < -0.3 is 5.32 Å². The molecule has 0 aliphatic carbocycles. The Balaban J connectivity index is 2.26. The van der Waals surface area contributed by atoms with Gasteiger partial charge in [-0.3, -0.25) is 0 Å². The summed E-state index contributed by atoms with van der Waals surface area (Å²) in [4.78, 5) is 5.55. The molecule has 1 aromatic heterocycles. The van der Waals surface area contributed by atoms with Gasteiger partial charge in [-0.15, -0.1) is 11.3 Å². The maximum absolute atomic E-state index is 13.5. The molecule has 1 N–H and O–H groups in total. The van der Waals surface area contributed by atoms with Crippen LogP contribution in [0.15, 0.2) is 24.4 Å². The number of aryl methyl sites for hydroxylation is 1. The first-order valence-corrected chi connectivity index (χ1v) is 6.89. The number of hydrogen-bond acceptors (Lipinski definition) is 3. The fourth-order valence-electron chi connectivity index (χ4n) is 1.75. The zero-order valence-corrected chi connectivity index (χ0v) is 11.6. The minimum absolute atomic E-state index is 0.177. The molecule has 0 fully saturated rings. The average molecular weight is 264 g/mol. The van der Waals surface area contributed by atoms with E-state index in [-0.39, 0.29) is 11.9 Å². The van der Waals surface area contributed by atoms with Crippen molar-refractivity contribution in [2.24, 2.45) is 0 Å². The van der Waals surface area contributed by atoms with Gasteiger partial charge in [0.15, 0.2) is 0 Å². The number of hydrogen-bond donors (Lipinski definition) is 1. The quantitative estimate of drug-likeness (QED) is 0.905. The molecule has 1 heterocycles. The third-order valence-corrected chi connectivity index (χ3v) is 4.11. The van der Waals surface area contributed by atoms with Gasteiger partial charge in [0.1, 0.15) is 10.8 Å². The van der Waals surface area contributed by atoms with Crippen molar-refractivity contribution in [3.8, 4) is 10.6 Å². The van der Waals surface area contributed by atoms with Crippen molar-refractivity contribution in [3.63, 3.8) is 0 Å². The Kier molecular flexibility index (Phi) is 4.09. The van der Waals surface area contributed by atoms with Crippen molar-refractivity contribution in [1.29, 1.82) is 0 Å². The Hall–Kier alpha value is -1.26. The number of nitrogens with one attached hydrogen (secondary N) is 1. The van der Waals surface area contributed by atoms with Crippen LogP contribution < -0.4 is 5.32 Å². The molecule has 0 aliphatic rings. The fraction of sp³-hybridized carbons (Fsp3) is 0.357. The molecular weight excluding hydrogens is 247 g/mol. The van der Waals surface area contributed by atoms with E-state index in [9.17, 15) is 4.39 Å². The predicted octanol–water partition coefficient (Wildman–Crippen LogP) is 3.93. The maximum Gasteiger partial charge on any atom is 0.126 e. The Morgan fingerprint density at radius 2 is 2.22 bits per heavy atom. The van der Waals surface area contributed by atoms with Gasteiger partial charge in [0, 0.05) is 22.7 Å². The lowest BCUT2D eigenvalue weighted by molar-refractivity contribution is 0.606. The standard InChI is InChI=1S/C14H17FN2S/c1-4-16-10(3)13-8-17-14(18-13)11-6-5-9(2)12(15)7-11/h5-8,10,16H,4H2,1-3H3. The third kappa shape index (κ3) is 2.76. The zero-order chi connectivity index (χ0) is 13.1. The molecule has 1 aromatic carbocycles. The lowest BCUT2D eigenvalue weighted by Gasteiger charge is -2.08. The van der Waals surface area contributed by atoms with Crippen LogP contribution in [0.4, 0.5) is 4.39 Å². The monoisotopic (exact) mass is 264 g/mol. The third-order valence-electron chi connectivity index (χ3n) is 2.88. The number of aromatic nitrogens is 1. The van der Waals surface area contributed by atoms with Gasteiger partial charge in [-0.25, -0.2) is 9.37 Å². The van der Waals surface area contributed by atoms with E-state index in [1.54, 1.807) is 30.4 Å². The second-order valence-corrected chi connectivity index (χ2v) is 5.37. The number of rotatable bonds is 4. The van der Waals surface area contributed by atoms with E-state index in [4.69, 9.17) is 0 Å². The summed E-state index contributed by atoms with van der Waals surface area (Å²) in [5, 5.41) is 4.21. The molecule has 0 aliphatic heterocycles. The molecule has 0 bridgehead atoms. The summed E-state index contributed by atoms with van der Waals surface area (Å²) in [6.45, 7) is 6.87. The minimum atomic E-state index is -0.177. The average Bonchev–Trinajstić information content (AvgIpc) is 2.82. The van der Waals surface area contributed by atoms with Crippen LogP contribution in [0.1, 0.15) is 30.3 Å². The normalized spacial score (nSPS) is 12.7. The van der Waals surface area contributed by atoms with E-state index in [1.165, 1.54) is 4.88 Å². The molecule has 2 nitrogen and oxygen atoms in total. The molecule has 18 heavy (non-hydrogen) atoms. The molecule has 0 saturated carbocycles. The number of halogens is 1. The van der Waals surface area contributed by atoms with E-state index in [0.29, 0.717) is 5.56 Å². The molecule has 0 saturated heterocycles. The van der Waals surface area contributed by atoms with Crippen molar-refractivity contribution in [2.45, 2.75) is 26.8 Å². The van der Waals surface area contributed by atoms with Gasteiger partial charge in [-0.1, -0.05) is 19.1 Å². The van der Waals surface area contributed by atoms with E-state index >= 15 is 0 Å². The smallest absolute Gasteiger partial charge is 0.126 e. The number of benzene rings is 1. The van der Waals surface area contributed by atoms with E-state index in [0.717, 1.165) is 17.1 Å². The van der Waals surface area contributed by atoms with Crippen LogP contribution in [0.2, 0.25) is 0 Å². The highest BCUT2D eigenvalue weighted by molar-refractivity contribution is 7.15. The fourth-order valence-corrected chi connectivity index (χ4v) is 2.69. The second-order valence-electron chi connectivity index (χ2n) is 4.31. The van der Waals surface area contributed by atoms with Crippen LogP contribution in [0.25, 0.3) is 10.6 Å². The van der Waals surface area contributed by atoms with E-state index in [1.807, 2.05) is 12.3 Å². The van der Waals surface area contributed by atoms with Gasteiger partial charge >= 0.3 is 0 Å². The molecule has 2 aromatic rings. The largest absolute Gasteiger partial charge is 0.310 e. The summed E-state index contributed by atoms with van der Waals surface area (Å²) < 4.78 is 13.5. The summed E-state index contributed by atoms with van der Waals surface area (Å²) in [5.41, 5.74) is 1.51. The number of thiazole rings is 1. The van der Waals surface area contributed by atoms with Crippen LogP contribution in [0.5, 0.6) is 0 Å². The molecule has 1 atom stereocenters. The molecule has 2 rings (SSSR count). The molecule has 1 unspecified atom stereocenters. The first-order valence-electron chi connectivity index (χ1n) is 6.07. The maximum atomic E-state index is 13.5. The van der Waals surface area contributed by atoms with Crippen molar-refractivity contribution in [2.75, 3.05) is 6.54 Å². The van der Waals surface area contributed by atoms with Gasteiger partial charge in [-0.2, -0.15) is 0 Å². The van der Waals surface area contributed by atoms with Crippen molar-refractivity contribution < 1.29 is 4.39 Å². The van der Waals surface area contributed by atoms with Crippen LogP contribution in [0, 0.1) is 12.7 Å². The molecular formula is C14H17FN2S. The van der Waals surface area contributed by atoms with Crippen LogP contribution in [-0.2, 0) is 0 Å². The first-order chi connectivity index (χ1) is 8.61. The molecule has 0 spiro atoms. The predicted molar refractivity (Wildman–Crippen MR) is 74.3 cm³/mol. The van der Waals surface area contributed by atoms with Crippen molar-refractivity contribution >= 4 is 11.3 Å². The first kappa shape index (κ1) is 13.2. The Labute approximate surface area is 111 Å². The summed E-state index contributed by atoms with van der Waals surface area (Å²) in [7, 11) is 0. The Morgan fingerprint density at radius 1 is 1.44 bits per heavy atom. The summed E-state index contributed by atoms with van der Waals surface area (Å²) >= 11 is 1.61. The number of nitrogens with zero attached hydrogens (tertiary/aromatic N) is 1. The highest BCUT2D eigenvalue weighted by Gasteiger charge is 2.11. The Morgan fingerprint density at radius 3 is 2.89 bits per heavy atom. The summed E-state index contributed by atoms with van der Waals surface area (Å²) in [6.07, 6.45) is 1.87. The van der Waals surface area contributed by atoms with Gasteiger partial charge in [-0.05, 0) is 32.0 Å². The lowest BCUT2D eigenvalue weighted by Crippen LogP contribution is -2.16. The van der Waals surface area contributed by atoms with Crippen LogP contribution in [0.3, 0.4) is 0 Å². The van der Waals surface area contributed by atoms with E-state index < -0.39 is 0 Å². The highest BCUT2D eigenvalue weighted by atomic mass is 32.1. The van der Waals surface area contributed by atoms with Crippen LogP contribution in [-0.4, -0.2) is 11.5 Å². The molecule has 96 valence electrons.